The molecule has 1 aromatic heterocycles. The third-order valence-electron chi connectivity index (χ3n) is 6.03. The van der Waals surface area contributed by atoms with Crippen LogP contribution in [0.25, 0.3) is 0 Å². The first kappa shape index (κ1) is 25.2. The molecule has 0 N–H and O–H groups in total. The van der Waals surface area contributed by atoms with Gasteiger partial charge in [-0.05, 0) is 71.8 Å². The summed E-state index contributed by atoms with van der Waals surface area (Å²) in [6.07, 6.45) is 2.55. The van der Waals surface area contributed by atoms with Crippen LogP contribution in [0.4, 0.5) is 0 Å². The summed E-state index contributed by atoms with van der Waals surface area (Å²) in [4.78, 5) is 31.8. The molecule has 0 bridgehead atoms. The van der Waals surface area contributed by atoms with Crippen LogP contribution in [0.3, 0.4) is 0 Å². The van der Waals surface area contributed by atoms with Crippen LogP contribution in [0.15, 0.2) is 58.4 Å². The number of hydrogen-bond acceptors (Lipinski definition) is 3. The number of fused-ring (bicyclic) bond motifs is 1. The monoisotopic (exact) mass is 578 g/mol. The fourth-order valence-corrected chi connectivity index (χ4v) is 5.95. The summed E-state index contributed by atoms with van der Waals surface area (Å²) in [6, 6.07) is 14.4. The quantitative estimate of drug-likeness (QED) is 0.296. The lowest BCUT2D eigenvalue weighted by atomic mass is 9.93. The van der Waals surface area contributed by atoms with Gasteiger partial charge in [-0.15, -0.1) is 11.3 Å². The van der Waals surface area contributed by atoms with E-state index in [1.54, 1.807) is 40.5 Å². The molecule has 34 heavy (non-hydrogen) atoms. The summed E-state index contributed by atoms with van der Waals surface area (Å²) in [5.74, 6) is -0.224. The van der Waals surface area contributed by atoms with Crippen molar-refractivity contribution in [2.75, 3.05) is 19.6 Å². The number of thiophene rings is 1. The fourth-order valence-electron chi connectivity index (χ4n) is 4.27. The van der Waals surface area contributed by atoms with Gasteiger partial charge in [-0.25, -0.2) is 0 Å². The van der Waals surface area contributed by atoms with Gasteiger partial charge in [-0.3, -0.25) is 9.59 Å². The molecular weight excluding hydrogens is 555 g/mol. The van der Waals surface area contributed by atoms with Crippen LogP contribution in [0.2, 0.25) is 10.0 Å². The molecule has 8 heteroatoms. The Bertz CT molecular complexity index is 1180. The number of carbonyl (C=O) groups is 2. The van der Waals surface area contributed by atoms with Crippen LogP contribution in [0.5, 0.6) is 0 Å². The van der Waals surface area contributed by atoms with Gasteiger partial charge in [0.05, 0.1) is 6.04 Å². The summed E-state index contributed by atoms with van der Waals surface area (Å²) in [5, 5.41) is 3.14. The molecule has 0 saturated heterocycles. The molecule has 0 saturated carbocycles. The second-order valence-electron chi connectivity index (χ2n) is 8.29. The highest BCUT2D eigenvalue weighted by atomic mass is 79.9. The molecule has 2 heterocycles. The number of hydrogen-bond donors (Lipinski definition) is 0. The van der Waals surface area contributed by atoms with E-state index in [-0.39, 0.29) is 24.4 Å². The Kier molecular flexibility index (Phi) is 8.35. The number of rotatable bonds is 7. The van der Waals surface area contributed by atoms with Gasteiger partial charge in [0, 0.05) is 38.0 Å². The summed E-state index contributed by atoms with van der Waals surface area (Å²) in [6.45, 7) is 3.20. The van der Waals surface area contributed by atoms with Crippen LogP contribution in [-0.4, -0.2) is 41.2 Å². The highest BCUT2D eigenvalue weighted by Gasteiger charge is 2.35. The first-order valence-corrected chi connectivity index (χ1v) is 13.7. The minimum Gasteiger partial charge on any atom is -0.330 e. The van der Waals surface area contributed by atoms with Crippen LogP contribution < -0.4 is 0 Å². The van der Waals surface area contributed by atoms with Crippen molar-refractivity contribution in [1.29, 1.82) is 0 Å². The first-order valence-electron chi connectivity index (χ1n) is 11.2. The predicted octanol–water partition coefficient (Wildman–Crippen LogP) is 7.23. The second kappa shape index (κ2) is 11.3. The minimum atomic E-state index is -0.303. The van der Waals surface area contributed by atoms with Crippen molar-refractivity contribution in [3.8, 4) is 0 Å². The van der Waals surface area contributed by atoms with E-state index in [4.69, 9.17) is 23.2 Å². The van der Waals surface area contributed by atoms with E-state index >= 15 is 0 Å². The molecule has 0 radical (unpaired) electrons. The second-order valence-corrected chi connectivity index (χ2v) is 11.1. The first-order chi connectivity index (χ1) is 16.4. The summed E-state index contributed by atoms with van der Waals surface area (Å²) >= 11 is 17.9. The lowest BCUT2D eigenvalue weighted by molar-refractivity contribution is -0.134. The number of benzene rings is 2. The molecule has 0 fully saturated rings. The lowest BCUT2D eigenvalue weighted by Gasteiger charge is -2.38. The maximum atomic E-state index is 13.7. The van der Waals surface area contributed by atoms with E-state index in [0.717, 1.165) is 34.9 Å². The van der Waals surface area contributed by atoms with Crippen LogP contribution in [-0.2, 0) is 11.2 Å². The fraction of sp³-hybridized carbons (Fsp3) is 0.308. The average molecular weight is 580 g/mol. The van der Waals surface area contributed by atoms with Gasteiger partial charge in [0.25, 0.3) is 5.91 Å². The Balaban J connectivity index is 1.63. The van der Waals surface area contributed by atoms with Crippen LogP contribution >= 0.6 is 50.5 Å². The number of carbonyl (C=O) groups excluding carboxylic acids is 2. The Morgan fingerprint density at radius 3 is 2.59 bits per heavy atom. The third-order valence-corrected chi connectivity index (χ3v) is 8.12. The van der Waals surface area contributed by atoms with Gasteiger partial charge in [-0.1, -0.05) is 58.5 Å². The molecule has 1 aliphatic heterocycles. The van der Waals surface area contributed by atoms with Crippen molar-refractivity contribution in [3.05, 3.63) is 90.0 Å². The highest BCUT2D eigenvalue weighted by molar-refractivity contribution is 9.10. The van der Waals surface area contributed by atoms with Crippen LogP contribution in [0, 0.1) is 0 Å². The maximum absolute atomic E-state index is 13.7. The van der Waals surface area contributed by atoms with E-state index in [0.29, 0.717) is 28.7 Å². The molecule has 0 aliphatic carbocycles. The zero-order chi connectivity index (χ0) is 24.2. The third kappa shape index (κ3) is 5.51. The normalized spacial score (nSPS) is 15.2. The smallest absolute Gasteiger partial charge is 0.254 e. The highest BCUT2D eigenvalue weighted by Crippen LogP contribution is 2.41. The Morgan fingerprint density at radius 2 is 1.88 bits per heavy atom. The van der Waals surface area contributed by atoms with E-state index in [2.05, 4.69) is 34.3 Å². The molecule has 0 spiro atoms. The topological polar surface area (TPSA) is 40.6 Å². The molecular formula is C26H25BrCl2N2O2S. The summed E-state index contributed by atoms with van der Waals surface area (Å²) < 4.78 is 0.905. The number of unbranched alkanes of at least 4 members (excludes halogenated alkanes) is 1. The molecule has 3 aromatic rings. The Morgan fingerprint density at radius 1 is 1.12 bits per heavy atom. The van der Waals surface area contributed by atoms with Crippen molar-refractivity contribution in [2.45, 2.75) is 32.2 Å². The predicted molar refractivity (Wildman–Crippen MR) is 143 cm³/mol. The van der Waals surface area contributed by atoms with E-state index < -0.39 is 0 Å². The molecule has 1 aliphatic rings. The summed E-state index contributed by atoms with van der Waals surface area (Å²) in [5.41, 5.74) is 2.51. The average Bonchev–Trinajstić information content (AvgIpc) is 3.30. The van der Waals surface area contributed by atoms with Crippen molar-refractivity contribution in [3.63, 3.8) is 0 Å². The number of nitrogens with zero attached hydrogens (tertiary/aromatic N) is 2. The van der Waals surface area contributed by atoms with Gasteiger partial charge in [0.2, 0.25) is 5.91 Å². The van der Waals surface area contributed by atoms with Crippen LogP contribution in [0.1, 0.15) is 52.2 Å². The van der Waals surface area contributed by atoms with Gasteiger partial charge in [0.1, 0.15) is 6.54 Å². The van der Waals surface area contributed by atoms with Crippen molar-refractivity contribution in [2.24, 2.45) is 0 Å². The Hall–Kier alpha value is -1.86. The number of halogens is 3. The largest absolute Gasteiger partial charge is 0.330 e. The maximum Gasteiger partial charge on any atom is 0.254 e. The molecule has 178 valence electrons. The molecule has 2 amide bonds. The van der Waals surface area contributed by atoms with Crippen molar-refractivity contribution < 1.29 is 9.59 Å². The van der Waals surface area contributed by atoms with Crippen molar-refractivity contribution in [1.82, 2.24) is 9.80 Å². The molecule has 1 atom stereocenters. The Labute approximate surface area is 222 Å². The summed E-state index contributed by atoms with van der Waals surface area (Å²) in [7, 11) is 0. The van der Waals surface area contributed by atoms with Gasteiger partial charge >= 0.3 is 0 Å². The molecule has 2 aromatic carbocycles. The van der Waals surface area contributed by atoms with E-state index in [1.165, 1.54) is 4.88 Å². The van der Waals surface area contributed by atoms with E-state index in [9.17, 15) is 9.59 Å². The minimum absolute atomic E-state index is 0.0239. The zero-order valence-corrected chi connectivity index (χ0v) is 22.7. The molecule has 4 nitrogen and oxygen atoms in total. The lowest BCUT2D eigenvalue weighted by Crippen LogP contribution is -2.47. The SMILES string of the molecule is CCCCN(CC(=O)N1CCc2sccc2[C@H]1c1ccc(Cl)cc1Cl)C(=O)c1ccc(Br)cc1. The number of amides is 2. The van der Waals surface area contributed by atoms with Crippen molar-refractivity contribution >= 4 is 62.3 Å². The molecule has 0 unspecified atom stereocenters. The molecule has 4 rings (SSSR count). The van der Waals surface area contributed by atoms with Gasteiger partial charge in [-0.2, -0.15) is 0 Å². The standard InChI is InChI=1S/C26H25BrCl2N2O2S/c1-2-3-12-30(26(33)17-4-6-18(27)7-5-17)16-24(32)31-13-10-23-21(11-14-34-23)25(31)20-9-8-19(28)15-22(20)29/h4-9,11,14-15,25H,2-3,10,12-13,16H2,1H3/t25-/m1/s1. The van der Waals surface area contributed by atoms with E-state index in [1.807, 2.05) is 23.1 Å². The van der Waals surface area contributed by atoms with Gasteiger partial charge < -0.3 is 9.80 Å². The van der Waals surface area contributed by atoms with Gasteiger partial charge in [0.15, 0.2) is 0 Å². The zero-order valence-electron chi connectivity index (χ0n) is 18.8.